The number of ether oxygens (including phenoxy) is 1. The Bertz CT molecular complexity index is 598. The molecule has 0 amide bonds. The second-order valence-electron chi connectivity index (χ2n) is 4.55. The Morgan fingerprint density at radius 1 is 1.29 bits per heavy atom. The number of hydrogen-bond donors (Lipinski definition) is 2. The molecule has 0 saturated carbocycles. The first kappa shape index (κ1) is 10.9. The quantitative estimate of drug-likeness (QED) is 0.818. The minimum absolute atomic E-state index is 0.0318. The van der Waals surface area contributed by atoms with E-state index in [-0.39, 0.29) is 11.1 Å². The van der Waals surface area contributed by atoms with Gasteiger partial charge < -0.3 is 14.7 Å². The summed E-state index contributed by atoms with van der Waals surface area (Å²) in [4.78, 5) is 16.7. The van der Waals surface area contributed by atoms with E-state index in [4.69, 9.17) is 16.3 Å². The molecule has 0 radical (unpaired) electrons. The molecule has 1 aromatic carbocycles. The van der Waals surface area contributed by atoms with Gasteiger partial charge in [0, 0.05) is 11.3 Å². The van der Waals surface area contributed by atoms with Crippen molar-refractivity contribution in [3.63, 3.8) is 0 Å². The molecule has 0 atom stereocenters. The Balaban J connectivity index is 2.07. The van der Waals surface area contributed by atoms with Gasteiger partial charge in [0.25, 0.3) is 0 Å². The second-order valence-corrected chi connectivity index (χ2v) is 4.93. The third-order valence-corrected chi connectivity index (χ3v) is 3.65. The van der Waals surface area contributed by atoms with Gasteiger partial charge in [-0.3, -0.25) is 0 Å². The van der Waals surface area contributed by atoms with Gasteiger partial charge in [0.1, 0.15) is 0 Å². The summed E-state index contributed by atoms with van der Waals surface area (Å²) in [6.45, 7) is 1.42. The van der Waals surface area contributed by atoms with Gasteiger partial charge in [0.05, 0.1) is 24.2 Å². The van der Waals surface area contributed by atoms with E-state index in [1.807, 2.05) is 18.2 Å². The third kappa shape index (κ3) is 1.68. The fourth-order valence-corrected chi connectivity index (χ4v) is 2.71. The molecule has 17 heavy (non-hydrogen) atoms. The molecule has 2 aromatic rings. The van der Waals surface area contributed by atoms with Crippen LogP contribution in [0.1, 0.15) is 12.0 Å². The molecule has 0 spiro atoms. The van der Waals surface area contributed by atoms with Crippen LogP contribution < -0.4 is 5.69 Å². The zero-order chi connectivity index (χ0) is 11.9. The SMILES string of the molecule is O=c1[nH]c2ccc(C3(CCCl)COC3)cc2[nH]1. The molecule has 1 aliphatic heterocycles. The average molecular weight is 253 g/mol. The highest BCUT2D eigenvalue weighted by atomic mass is 35.5. The van der Waals surface area contributed by atoms with Gasteiger partial charge >= 0.3 is 5.69 Å². The van der Waals surface area contributed by atoms with Crippen molar-refractivity contribution in [1.82, 2.24) is 9.97 Å². The summed E-state index contributed by atoms with van der Waals surface area (Å²) in [5.74, 6) is 0.616. The summed E-state index contributed by atoms with van der Waals surface area (Å²) in [5, 5.41) is 0. The third-order valence-electron chi connectivity index (χ3n) is 3.46. The first-order valence-electron chi connectivity index (χ1n) is 5.60. The van der Waals surface area contributed by atoms with Crippen LogP contribution in [0.3, 0.4) is 0 Å². The van der Waals surface area contributed by atoms with Crippen molar-refractivity contribution in [3.8, 4) is 0 Å². The zero-order valence-corrected chi connectivity index (χ0v) is 10.0. The van der Waals surface area contributed by atoms with Gasteiger partial charge in [0.2, 0.25) is 0 Å². The maximum absolute atomic E-state index is 11.2. The van der Waals surface area contributed by atoms with Crippen LogP contribution in [0.15, 0.2) is 23.0 Å². The lowest BCUT2D eigenvalue weighted by Crippen LogP contribution is -2.47. The maximum Gasteiger partial charge on any atom is 0.323 e. The van der Waals surface area contributed by atoms with Crippen LogP contribution in [0.4, 0.5) is 0 Å². The molecule has 0 unspecified atom stereocenters. The lowest BCUT2D eigenvalue weighted by molar-refractivity contribution is -0.0615. The predicted octanol–water partition coefficient (Wildman–Crippen LogP) is 1.75. The van der Waals surface area contributed by atoms with E-state index in [1.54, 1.807) is 0 Å². The van der Waals surface area contributed by atoms with Gasteiger partial charge in [-0.1, -0.05) is 6.07 Å². The van der Waals surface area contributed by atoms with Crippen molar-refractivity contribution >= 4 is 22.6 Å². The molecule has 1 aliphatic rings. The molecule has 4 nitrogen and oxygen atoms in total. The highest BCUT2D eigenvalue weighted by molar-refractivity contribution is 6.17. The summed E-state index contributed by atoms with van der Waals surface area (Å²) in [6, 6.07) is 5.99. The topological polar surface area (TPSA) is 57.9 Å². The number of alkyl halides is 1. The van der Waals surface area contributed by atoms with E-state index in [1.165, 1.54) is 5.56 Å². The summed E-state index contributed by atoms with van der Waals surface area (Å²) in [6.07, 6.45) is 0.898. The predicted molar refractivity (Wildman–Crippen MR) is 66.8 cm³/mol. The summed E-state index contributed by atoms with van der Waals surface area (Å²) >= 11 is 5.85. The van der Waals surface area contributed by atoms with Crippen LogP contribution >= 0.6 is 11.6 Å². The number of aromatic amines is 2. The highest BCUT2D eigenvalue weighted by Crippen LogP contribution is 2.36. The van der Waals surface area contributed by atoms with Crippen molar-refractivity contribution in [1.29, 1.82) is 0 Å². The molecule has 90 valence electrons. The molecule has 2 N–H and O–H groups in total. The van der Waals surface area contributed by atoms with Crippen LogP contribution in [0.5, 0.6) is 0 Å². The normalized spacial score (nSPS) is 18.2. The Kier molecular flexibility index (Phi) is 2.49. The minimum atomic E-state index is -0.173. The van der Waals surface area contributed by atoms with Gasteiger partial charge in [-0.2, -0.15) is 0 Å². The Morgan fingerprint density at radius 2 is 2.06 bits per heavy atom. The smallest absolute Gasteiger partial charge is 0.323 e. The molecule has 0 aliphatic carbocycles. The first-order valence-corrected chi connectivity index (χ1v) is 6.13. The number of rotatable bonds is 3. The van der Waals surface area contributed by atoms with Crippen molar-refractivity contribution in [2.45, 2.75) is 11.8 Å². The van der Waals surface area contributed by atoms with Crippen molar-refractivity contribution in [3.05, 3.63) is 34.2 Å². The van der Waals surface area contributed by atoms with Gasteiger partial charge in [-0.05, 0) is 24.1 Å². The molecular formula is C12H13ClN2O2. The van der Waals surface area contributed by atoms with Crippen LogP contribution in [0, 0.1) is 0 Å². The van der Waals surface area contributed by atoms with E-state index in [9.17, 15) is 4.79 Å². The number of imidazole rings is 1. The number of halogens is 1. The summed E-state index contributed by atoms with van der Waals surface area (Å²) < 4.78 is 5.32. The van der Waals surface area contributed by atoms with E-state index in [0.717, 1.165) is 17.5 Å². The average Bonchev–Trinajstić information content (AvgIpc) is 2.62. The number of nitrogens with one attached hydrogen (secondary N) is 2. The molecule has 1 fully saturated rings. The molecular weight excluding hydrogens is 240 g/mol. The summed E-state index contributed by atoms with van der Waals surface area (Å²) in [5.41, 5.74) is 2.72. The maximum atomic E-state index is 11.2. The molecule has 0 bridgehead atoms. The van der Waals surface area contributed by atoms with Crippen LogP contribution in [0.25, 0.3) is 11.0 Å². The van der Waals surface area contributed by atoms with Crippen LogP contribution in [-0.2, 0) is 10.2 Å². The van der Waals surface area contributed by atoms with Crippen molar-refractivity contribution in [2.75, 3.05) is 19.1 Å². The largest absolute Gasteiger partial charge is 0.379 e. The van der Waals surface area contributed by atoms with Crippen LogP contribution in [0.2, 0.25) is 0 Å². The summed E-state index contributed by atoms with van der Waals surface area (Å²) in [7, 11) is 0. The van der Waals surface area contributed by atoms with Gasteiger partial charge in [0.15, 0.2) is 0 Å². The molecule has 2 heterocycles. The van der Waals surface area contributed by atoms with E-state index >= 15 is 0 Å². The van der Waals surface area contributed by atoms with Gasteiger partial charge in [-0.15, -0.1) is 11.6 Å². The fourth-order valence-electron chi connectivity index (χ4n) is 2.35. The molecule has 1 aromatic heterocycles. The van der Waals surface area contributed by atoms with E-state index in [2.05, 4.69) is 9.97 Å². The minimum Gasteiger partial charge on any atom is -0.379 e. The number of H-pyrrole nitrogens is 2. The van der Waals surface area contributed by atoms with Crippen LogP contribution in [-0.4, -0.2) is 29.1 Å². The Labute approximate surface area is 103 Å². The number of hydrogen-bond acceptors (Lipinski definition) is 2. The highest BCUT2D eigenvalue weighted by Gasteiger charge is 2.39. The monoisotopic (exact) mass is 252 g/mol. The number of fused-ring (bicyclic) bond motifs is 1. The van der Waals surface area contributed by atoms with Crippen molar-refractivity contribution in [2.24, 2.45) is 0 Å². The lowest BCUT2D eigenvalue weighted by Gasteiger charge is -2.41. The Hall–Kier alpha value is -1.26. The standard InChI is InChI=1S/C12H13ClN2O2/c13-4-3-12(6-17-7-12)8-1-2-9-10(5-8)15-11(16)14-9/h1-2,5H,3-4,6-7H2,(H2,14,15,16). The lowest BCUT2D eigenvalue weighted by atomic mass is 9.76. The van der Waals surface area contributed by atoms with Crippen molar-refractivity contribution < 1.29 is 4.74 Å². The molecule has 3 rings (SSSR count). The molecule has 5 heteroatoms. The van der Waals surface area contributed by atoms with Gasteiger partial charge in [-0.25, -0.2) is 4.79 Å². The fraction of sp³-hybridized carbons (Fsp3) is 0.417. The van der Waals surface area contributed by atoms with E-state index in [0.29, 0.717) is 19.1 Å². The first-order chi connectivity index (χ1) is 8.23. The zero-order valence-electron chi connectivity index (χ0n) is 9.25. The second kappa shape index (κ2) is 3.89. The number of benzene rings is 1. The molecule has 1 saturated heterocycles. The van der Waals surface area contributed by atoms with E-state index < -0.39 is 0 Å². The Morgan fingerprint density at radius 3 is 2.71 bits per heavy atom. The number of aromatic nitrogens is 2.